The molecule has 1 fully saturated rings. The second kappa shape index (κ2) is 10.6. The van der Waals surface area contributed by atoms with Crippen LogP contribution in [0, 0.1) is 5.92 Å². The molecule has 146 valence electrons. The number of alkyl carbamates (subject to hydrolysis) is 1. The summed E-state index contributed by atoms with van der Waals surface area (Å²) >= 11 is 0. The first-order valence-corrected chi connectivity index (χ1v) is 9.74. The molecule has 0 aromatic heterocycles. The highest BCUT2D eigenvalue weighted by atomic mass is 16.6. The lowest BCUT2D eigenvalue weighted by Crippen LogP contribution is -2.51. The maximum absolute atomic E-state index is 12.7. The Balaban J connectivity index is 2.29. The zero-order chi connectivity index (χ0) is 18.9. The molecule has 1 N–H and O–H groups in total. The zero-order valence-electron chi connectivity index (χ0n) is 16.8. The van der Waals surface area contributed by atoms with Gasteiger partial charge in [-0.25, -0.2) is 4.79 Å². The lowest BCUT2D eigenvalue weighted by Gasteiger charge is -2.36. The molecule has 1 heterocycles. The maximum Gasteiger partial charge on any atom is 0.407 e. The van der Waals surface area contributed by atoms with Crippen LogP contribution in [0.2, 0.25) is 0 Å². The fraction of sp³-hybridized carbons (Fsp3) is 0.895. The number of hydrogen-bond donors (Lipinski definition) is 1. The average molecular weight is 356 g/mol. The fourth-order valence-electron chi connectivity index (χ4n) is 3.17. The Labute approximate surface area is 153 Å². The number of nitrogens with zero attached hydrogens (tertiary/aromatic N) is 2. The molecule has 6 nitrogen and oxygen atoms in total. The first-order chi connectivity index (χ1) is 11.8. The summed E-state index contributed by atoms with van der Waals surface area (Å²) in [5.74, 6) is 0.519. The monoisotopic (exact) mass is 355 g/mol. The highest BCUT2D eigenvalue weighted by Crippen LogP contribution is 2.18. The van der Waals surface area contributed by atoms with E-state index >= 15 is 0 Å². The van der Waals surface area contributed by atoms with E-state index in [1.54, 1.807) is 0 Å². The number of carbonyl (C=O) groups is 2. The molecule has 2 amide bonds. The number of hydrogen-bond acceptors (Lipinski definition) is 4. The molecular formula is C19H37N3O3. The molecule has 6 heteroatoms. The summed E-state index contributed by atoms with van der Waals surface area (Å²) in [5.41, 5.74) is -0.469. The Morgan fingerprint density at radius 3 is 2.08 bits per heavy atom. The number of rotatable bonds is 8. The van der Waals surface area contributed by atoms with Crippen molar-refractivity contribution in [2.45, 2.75) is 65.9 Å². The van der Waals surface area contributed by atoms with E-state index in [0.29, 0.717) is 12.5 Å². The molecule has 0 aliphatic carbocycles. The molecule has 1 aliphatic rings. The van der Waals surface area contributed by atoms with Gasteiger partial charge in [0.25, 0.3) is 0 Å². The van der Waals surface area contributed by atoms with E-state index in [-0.39, 0.29) is 12.0 Å². The van der Waals surface area contributed by atoms with Gasteiger partial charge in [-0.1, -0.05) is 26.7 Å². The van der Waals surface area contributed by atoms with Gasteiger partial charge in [-0.3, -0.25) is 9.69 Å². The first kappa shape index (κ1) is 21.7. The highest BCUT2D eigenvalue weighted by molar-refractivity contribution is 5.79. The minimum Gasteiger partial charge on any atom is -0.444 e. The van der Waals surface area contributed by atoms with Crippen molar-refractivity contribution in [3.8, 4) is 0 Å². The number of amides is 2. The summed E-state index contributed by atoms with van der Waals surface area (Å²) in [6, 6.07) is 0. The average Bonchev–Trinajstić information content (AvgIpc) is 2.53. The van der Waals surface area contributed by atoms with Gasteiger partial charge in [0.05, 0.1) is 0 Å². The summed E-state index contributed by atoms with van der Waals surface area (Å²) < 4.78 is 5.23. The van der Waals surface area contributed by atoms with Crippen molar-refractivity contribution >= 4 is 12.0 Å². The van der Waals surface area contributed by atoms with Crippen LogP contribution in [0.1, 0.15) is 60.3 Å². The van der Waals surface area contributed by atoms with Gasteiger partial charge in [0.15, 0.2) is 0 Å². The van der Waals surface area contributed by atoms with Crippen molar-refractivity contribution in [2.24, 2.45) is 5.92 Å². The number of piperazine rings is 1. The van der Waals surface area contributed by atoms with Gasteiger partial charge >= 0.3 is 6.09 Å². The Morgan fingerprint density at radius 1 is 1.04 bits per heavy atom. The summed E-state index contributed by atoms with van der Waals surface area (Å²) in [6.07, 6.45) is 3.74. The quantitative estimate of drug-likeness (QED) is 0.727. The molecule has 0 atom stereocenters. The van der Waals surface area contributed by atoms with Crippen molar-refractivity contribution in [1.29, 1.82) is 0 Å². The smallest absolute Gasteiger partial charge is 0.407 e. The molecule has 25 heavy (non-hydrogen) atoms. The molecule has 0 saturated carbocycles. The van der Waals surface area contributed by atoms with Crippen LogP contribution in [0.25, 0.3) is 0 Å². The largest absolute Gasteiger partial charge is 0.444 e. The summed E-state index contributed by atoms with van der Waals surface area (Å²) in [5, 5.41) is 2.79. The Kier molecular flexibility index (Phi) is 9.25. The second-order valence-corrected chi connectivity index (χ2v) is 7.87. The molecule has 1 aliphatic heterocycles. The van der Waals surface area contributed by atoms with E-state index in [2.05, 4.69) is 24.1 Å². The van der Waals surface area contributed by atoms with Crippen LogP contribution in [-0.2, 0) is 9.53 Å². The lowest BCUT2D eigenvalue weighted by atomic mass is 9.96. The molecule has 0 radical (unpaired) electrons. The maximum atomic E-state index is 12.7. The predicted molar refractivity (Wildman–Crippen MR) is 101 cm³/mol. The molecule has 1 saturated heterocycles. The third-order valence-corrected chi connectivity index (χ3v) is 4.40. The molecule has 0 aromatic rings. The van der Waals surface area contributed by atoms with E-state index < -0.39 is 5.60 Å². The third kappa shape index (κ3) is 8.56. The van der Waals surface area contributed by atoms with E-state index in [1.807, 2.05) is 25.7 Å². The minimum absolute atomic E-state index is 0.190. The Bertz CT molecular complexity index is 407. The van der Waals surface area contributed by atoms with Gasteiger partial charge < -0.3 is 15.0 Å². The SMILES string of the molecule is CCCC(CCC)C(=O)N1CCN(CCNC(=O)OC(C)(C)C)CC1. The van der Waals surface area contributed by atoms with Gasteiger partial charge in [0.1, 0.15) is 5.60 Å². The van der Waals surface area contributed by atoms with Gasteiger partial charge in [0.2, 0.25) is 5.91 Å². The zero-order valence-corrected chi connectivity index (χ0v) is 16.8. The van der Waals surface area contributed by atoms with Crippen LogP contribution in [0.3, 0.4) is 0 Å². The predicted octanol–water partition coefficient (Wildman–Crippen LogP) is 2.87. The molecular weight excluding hydrogens is 318 g/mol. The molecule has 0 unspecified atom stereocenters. The first-order valence-electron chi connectivity index (χ1n) is 9.74. The van der Waals surface area contributed by atoms with Crippen LogP contribution < -0.4 is 5.32 Å². The number of ether oxygens (including phenoxy) is 1. The Hall–Kier alpha value is -1.30. The van der Waals surface area contributed by atoms with E-state index in [0.717, 1.165) is 58.4 Å². The van der Waals surface area contributed by atoms with Crippen LogP contribution in [-0.4, -0.2) is 66.7 Å². The van der Waals surface area contributed by atoms with Crippen molar-refractivity contribution in [3.05, 3.63) is 0 Å². The fourth-order valence-corrected chi connectivity index (χ4v) is 3.17. The summed E-state index contributed by atoms with van der Waals surface area (Å²) in [4.78, 5) is 28.6. The van der Waals surface area contributed by atoms with Crippen molar-refractivity contribution < 1.29 is 14.3 Å². The second-order valence-electron chi connectivity index (χ2n) is 7.87. The van der Waals surface area contributed by atoms with Crippen LogP contribution in [0.15, 0.2) is 0 Å². The number of carbonyl (C=O) groups excluding carboxylic acids is 2. The van der Waals surface area contributed by atoms with E-state index in [1.165, 1.54) is 0 Å². The standard InChI is InChI=1S/C19H37N3O3/c1-6-8-16(9-7-2)17(23)22-14-12-21(13-15-22)11-10-20-18(24)25-19(3,4)5/h16H,6-15H2,1-5H3,(H,20,24). The van der Waals surface area contributed by atoms with Crippen molar-refractivity contribution in [3.63, 3.8) is 0 Å². The highest BCUT2D eigenvalue weighted by Gasteiger charge is 2.26. The molecule has 0 spiro atoms. The van der Waals surface area contributed by atoms with Crippen LogP contribution in [0.5, 0.6) is 0 Å². The summed E-state index contributed by atoms with van der Waals surface area (Å²) in [6.45, 7) is 14.5. The van der Waals surface area contributed by atoms with Crippen LogP contribution >= 0.6 is 0 Å². The van der Waals surface area contributed by atoms with Gasteiger partial charge in [-0.05, 0) is 33.6 Å². The molecule has 0 aromatic carbocycles. The van der Waals surface area contributed by atoms with Gasteiger partial charge in [-0.2, -0.15) is 0 Å². The van der Waals surface area contributed by atoms with Crippen molar-refractivity contribution in [2.75, 3.05) is 39.3 Å². The molecule has 0 bridgehead atoms. The minimum atomic E-state index is -0.469. The van der Waals surface area contributed by atoms with E-state index in [4.69, 9.17) is 4.74 Å². The third-order valence-electron chi connectivity index (χ3n) is 4.40. The van der Waals surface area contributed by atoms with E-state index in [9.17, 15) is 9.59 Å². The normalized spacial score (nSPS) is 16.2. The Morgan fingerprint density at radius 2 is 1.60 bits per heavy atom. The molecule has 1 rings (SSSR count). The van der Waals surface area contributed by atoms with Gasteiger partial charge in [0, 0.05) is 45.2 Å². The lowest BCUT2D eigenvalue weighted by molar-refractivity contribution is -0.137. The summed E-state index contributed by atoms with van der Waals surface area (Å²) in [7, 11) is 0. The van der Waals surface area contributed by atoms with Crippen molar-refractivity contribution in [1.82, 2.24) is 15.1 Å². The van der Waals surface area contributed by atoms with Gasteiger partial charge in [-0.15, -0.1) is 0 Å². The number of nitrogens with one attached hydrogen (secondary N) is 1. The topological polar surface area (TPSA) is 61.9 Å². The van der Waals surface area contributed by atoms with Crippen LogP contribution in [0.4, 0.5) is 4.79 Å².